The van der Waals surface area contributed by atoms with Gasteiger partial charge in [0.15, 0.2) is 0 Å². The summed E-state index contributed by atoms with van der Waals surface area (Å²) in [4.78, 5) is 27.1. The average Bonchev–Trinajstić information content (AvgIpc) is 3.36. The third kappa shape index (κ3) is 4.90. The lowest BCUT2D eigenvalue weighted by molar-refractivity contribution is -0.122. The van der Waals surface area contributed by atoms with Gasteiger partial charge in [0.1, 0.15) is 11.8 Å². The molecule has 2 N–H and O–H groups in total. The summed E-state index contributed by atoms with van der Waals surface area (Å²) in [5, 5.41) is 5.98. The van der Waals surface area contributed by atoms with Crippen LogP contribution in [-0.4, -0.2) is 42.4 Å². The van der Waals surface area contributed by atoms with E-state index in [2.05, 4.69) is 15.5 Å². The van der Waals surface area contributed by atoms with Gasteiger partial charge in [-0.15, -0.1) is 0 Å². The summed E-state index contributed by atoms with van der Waals surface area (Å²) in [6, 6.07) is 9.86. The Morgan fingerprint density at radius 1 is 1.19 bits per heavy atom. The molecule has 0 saturated carbocycles. The Balaban J connectivity index is 1.57. The number of carbonyl (C=O) groups excluding carboxylic acids is 2. The van der Waals surface area contributed by atoms with Crippen molar-refractivity contribution in [3.05, 3.63) is 59.0 Å². The number of rotatable bonds is 7. The van der Waals surface area contributed by atoms with E-state index >= 15 is 0 Å². The molecule has 0 bridgehead atoms. The van der Waals surface area contributed by atoms with E-state index in [-0.39, 0.29) is 17.9 Å². The molecule has 144 valence electrons. The molecule has 3 rings (SSSR count). The maximum atomic E-state index is 12.5. The molecule has 0 spiro atoms. The van der Waals surface area contributed by atoms with Gasteiger partial charge in [-0.25, -0.2) is 0 Å². The van der Waals surface area contributed by atoms with Gasteiger partial charge in [0.05, 0.1) is 22.9 Å². The summed E-state index contributed by atoms with van der Waals surface area (Å²) in [7, 11) is 0. The highest BCUT2D eigenvalue weighted by atomic mass is 35.5. The Morgan fingerprint density at radius 2 is 1.93 bits per heavy atom. The molecule has 6 nitrogen and oxygen atoms in total. The van der Waals surface area contributed by atoms with E-state index < -0.39 is 6.04 Å². The van der Waals surface area contributed by atoms with Crippen LogP contribution < -0.4 is 10.6 Å². The molecule has 27 heavy (non-hydrogen) atoms. The molecule has 2 atom stereocenters. The number of likely N-dealkylation sites (tertiary alicyclic amines) is 1. The van der Waals surface area contributed by atoms with Crippen molar-refractivity contribution in [2.24, 2.45) is 0 Å². The van der Waals surface area contributed by atoms with Crippen LogP contribution in [0.3, 0.4) is 0 Å². The summed E-state index contributed by atoms with van der Waals surface area (Å²) in [6.45, 7) is 4.06. The van der Waals surface area contributed by atoms with Crippen molar-refractivity contribution >= 4 is 23.4 Å². The van der Waals surface area contributed by atoms with Crippen LogP contribution in [0.1, 0.15) is 41.9 Å². The van der Waals surface area contributed by atoms with Gasteiger partial charge < -0.3 is 15.1 Å². The molecular weight excluding hydrogens is 366 g/mol. The standard InChI is InChI=1S/C20H24ClN3O3/c1-14(23-20(26)15-7-2-3-8-16(15)21)19(25)22-13-17(18-9-6-12-27-18)24-10-4-5-11-24/h2-3,6-9,12,14,17H,4-5,10-11,13H2,1H3,(H,22,25)(H,23,26)/t14-,17+/m0/s1. The van der Waals surface area contributed by atoms with Crippen molar-refractivity contribution in [3.8, 4) is 0 Å². The fraction of sp³-hybridized carbons (Fsp3) is 0.400. The summed E-state index contributed by atoms with van der Waals surface area (Å²) in [5.41, 5.74) is 0.351. The summed E-state index contributed by atoms with van der Waals surface area (Å²) in [6.07, 6.45) is 3.94. The van der Waals surface area contributed by atoms with E-state index in [0.717, 1.165) is 31.7 Å². The zero-order valence-corrected chi connectivity index (χ0v) is 16.0. The molecule has 1 aromatic heterocycles. The minimum absolute atomic E-state index is 0.00193. The van der Waals surface area contributed by atoms with Gasteiger partial charge in [-0.2, -0.15) is 0 Å². The molecule has 1 aliphatic rings. The highest BCUT2D eigenvalue weighted by molar-refractivity contribution is 6.33. The van der Waals surface area contributed by atoms with Crippen LogP contribution in [-0.2, 0) is 4.79 Å². The second-order valence-electron chi connectivity index (χ2n) is 6.69. The summed E-state index contributed by atoms with van der Waals surface area (Å²) < 4.78 is 5.56. The van der Waals surface area contributed by atoms with E-state index in [4.69, 9.17) is 16.0 Å². The van der Waals surface area contributed by atoms with E-state index in [1.807, 2.05) is 12.1 Å². The second kappa shape index (κ2) is 9.06. The predicted molar refractivity (Wildman–Crippen MR) is 104 cm³/mol. The van der Waals surface area contributed by atoms with Crippen molar-refractivity contribution in [1.82, 2.24) is 15.5 Å². The fourth-order valence-electron chi connectivity index (χ4n) is 3.28. The Morgan fingerprint density at radius 3 is 2.59 bits per heavy atom. The van der Waals surface area contributed by atoms with Crippen LogP contribution in [0.2, 0.25) is 5.02 Å². The van der Waals surface area contributed by atoms with Gasteiger partial charge in [-0.3, -0.25) is 14.5 Å². The van der Waals surface area contributed by atoms with E-state index in [1.165, 1.54) is 0 Å². The lowest BCUT2D eigenvalue weighted by Crippen LogP contribution is -2.47. The maximum Gasteiger partial charge on any atom is 0.253 e. The van der Waals surface area contributed by atoms with Gasteiger partial charge in [-0.05, 0) is 57.1 Å². The first-order valence-electron chi connectivity index (χ1n) is 9.17. The predicted octanol–water partition coefficient (Wildman–Crippen LogP) is 3.00. The Labute approximate surface area is 163 Å². The number of hydrogen-bond donors (Lipinski definition) is 2. The number of carbonyl (C=O) groups is 2. The molecule has 0 unspecified atom stereocenters. The molecule has 2 heterocycles. The lowest BCUT2D eigenvalue weighted by Gasteiger charge is -2.26. The normalized spacial score (nSPS) is 16.7. The van der Waals surface area contributed by atoms with Crippen molar-refractivity contribution < 1.29 is 14.0 Å². The van der Waals surface area contributed by atoms with E-state index in [1.54, 1.807) is 37.5 Å². The van der Waals surface area contributed by atoms with E-state index in [0.29, 0.717) is 17.1 Å². The first-order valence-corrected chi connectivity index (χ1v) is 9.54. The minimum atomic E-state index is -0.676. The van der Waals surface area contributed by atoms with E-state index in [9.17, 15) is 9.59 Å². The van der Waals surface area contributed by atoms with Crippen LogP contribution >= 0.6 is 11.6 Å². The molecule has 1 fully saturated rings. The van der Waals surface area contributed by atoms with Crippen LogP contribution in [0.5, 0.6) is 0 Å². The molecule has 1 aliphatic heterocycles. The number of nitrogens with zero attached hydrogens (tertiary/aromatic N) is 1. The van der Waals surface area contributed by atoms with Crippen molar-refractivity contribution in [2.75, 3.05) is 19.6 Å². The molecule has 7 heteroatoms. The molecule has 2 aromatic rings. The monoisotopic (exact) mass is 389 g/mol. The Hall–Kier alpha value is -2.31. The van der Waals surface area contributed by atoms with Gasteiger partial charge in [0.25, 0.3) is 5.91 Å². The minimum Gasteiger partial charge on any atom is -0.468 e. The average molecular weight is 390 g/mol. The SMILES string of the molecule is C[C@H](NC(=O)c1ccccc1Cl)C(=O)NC[C@H](c1ccco1)N1CCCC1. The number of furan rings is 1. The van der Waals surface area contributed by atoms with Crippen LogP contribution in [0.25, 0.3) is 0 Å². The highest BCUT2D eigenvalue weighted by Crippen LogP contribution is 2.24. The molecule has 2 amide bonds. The molecule has 1 aromatic carbocycles. The number of nitrogens with one attached hydrogen (secondary N) is 2. The number of hydrogen-bond acceptors (Lipinski definition) is 4. The van der Waals surface area contributed by atoms with Gasteiger partial charge in [-0.1, -0.05) is 23.7 Å². The fourth-order valence-corrected chi connectivity index (χ4v) is 3.50. The summed E-state index contributed by atoms with van der Waals surface area (Å²) >= 11 is 6.04. The highest BCUT2D eigenvalue weighted by Gasteiger charge is 2.27. The van der Waals surface area contributed by atoms with Crippen LogP contribution in [0, 0.1) is 0 Å². The smallest absolute Gasteiger partial charge is 0.253 e. The first kappa shape index (κ1) is 19.5. The van der Waals surface area contributed by atoms with Crippen LogP contribution in [0.4, 0.5) is 0 Å². The zero-order valence-electron chi connectivity index (χ0n) is 15.3. The van der Waals surface area contributed by atoms with Crippen molar-refractivity contribution in [3.63, 3.8) is 0 Å². The Kier molecular flexibility index (Phi) is 6.53. The topological polar surface area (TPSA) is 74.6 Å². The number of halogens is 1. The molecule has 1 saturated heterocycles. The molecule has 0 aliphatic carbocycles. The summed E-state index contributed by atoms with van der Waals surface area (Å²) in [5.74, 6) is 0.224. The lowest BCUT2D eigenvalue weighted by atomic mass is 10.1. The maximum absolute atomic E-state index is 12.5. The second-order valence-corrected chi connectivity index (χ2v) is 7.10. The molecular formula is C20H24ClN3O3. The Bertz CT molecular complexity index is 773. The van der Waals surface area contributed by atoms with Gasteiger partial charge in [0, 0.05) is 6.54 Å². The largest absolute Gasteiger partial charge is 0.468 e. The van der Waals surface area contributed by atoms with Crippen LogP contribution in [0.15, 0.2) is 47.1 Å². The zero-order chi connectivity index (χ0) is 19.2. The quantitative estimate of drug-likeness (QED) is 0.763. The van der Waals surface area contributed by atoms with Crippen molar-refractivity contribution in [2.45, 2.75) is 31.8 Å². The van der Waals surface area contributed by atoms with Crippen molar-refractivity contribution in [1.29, 1.82) is 0 Å². The van der Waals surface area contributed by atoms with Gasteiger partial charge >= 0.3 is 0 Å². The first-order chi connectivity index (χ1) is 13.1. The molecule has 0 radical (unpaired) electrons. The third-order valence-electron chi connectivity index (χ3n) is 4.78. The number of benzene rings is 1. The number of amides is 2. The van der Waals surface area contributed by atoms with Gasteiger partial charge in [0.2, 0.25) is 5.91 Å². The third-order valence-corrected chi connectivity index (χ3v) is 5.11.